The summed E-state index contributed by atoms with van der Waals surface area (Å²) in [6.45, 7) is 6.58. The molecule has 4 nitrogen and oxygen atoms in total. The highest BCUT2D eigenvalue weighted by Gasteiger charge is 2.13. The van der Waals surface area contributed by atoms with Gasteiger partial charge in [0.05, 0.1) is 5.52 Å². The predicted octanol–water partition coefficient (Wildman–Crippen LogP) is 3.23. The van der Waals surface area contributed by atoms with Crippen LogP contribution in [0.15, 0.2) is 27.4 Å². The maximum Gasteiger partial charge on any atom is 0.419 e. The highest BCUT2D eigenvalue weighted by Crippen LogP contribution is 2.18. The smallest absolute Gasteiger partial charge is 0.408 e. The van der Waals surface area contributed by atoms with Crippen LogP contribution < -0.4 is 5.76 Å². The standard InChI is InChI=1S/C15H19NO3/c1-4-10(3)8-13(17)11-6-7-12-14(9-11)19-15(18)16(12)5-2/h6-7,9-10H,4-5,8H2,1-3H3. The Hall–Kier alpha value is -1.84. The monoisotopic (exact) mass is 261 g/mol. The number of aryl methyl sites for hydroxylation is 1. The summed E-state index contributed by atoms with van der Waals surface area (Å²) in [7, 11) is 0. The molecule has 2 aromatic rings. The van der Waals surface area contributed by atoms with Gasteiger partial charge in [0.25, 0.3) is 0 Å². The maximum absolute atomic E-state index is 12.1. The molecule has 1 atom stereocenters. The molecule has 0 amide bonds. The molecule has 0 radical (unpaired) electrons. The molecule has 1 unspecified atom stereocenters. The van der Waals surface area contributed by atoms with Crippen LogP contribution in [0.3, 0.4) is 0 Å². The number of aromatic nitrogens is 1. The van der Waals surface area contributed by atoms with Crippen LogP contribution in [0.2, 0.25) is 0 Å². The molecular weight excluding hydrogens is 242 g/mol. The van der Waals surface area contributed by atoms with Crippen molar-refractivity contribution >= 4 is 16.9 Å². The van der Waals surface area contributed by atoms with Gasteiger partial charge in [-0.25, -0.2) is 4.79 Å². The fourth-order valence-corrected chi connectivity index (χ4v) is 2.12. The second-order valence-corrected chi connectivity index (χ2v) is 4.94. The van der Waals surface area contributed by atoms with E-state index in [1.807, 2.05) is 6.92 Å². The van der Waals surface area contributed by atoms with Gasteiger partial charge in [0.1, 0.15) is 0 Å². The predicted molar refractivity (Wildman–Crippen MR) is 74.6 cm³/mol. The molecule has 1 heterocycles. The molecule has 0 aliphatic heterocycles. The quantitative estimate of drug-likeness (QED) is 0.776. The number of benzene rings is 1. The summed E-state index contributed by atoms with van der Waals surface area (Å²) in [6.07, 6.45) is 1.51. The second-order valence-electron chi connectivity index (χ2n) is 4.94. The first-order valence-corrected chi connectivity index (χ1v) is 6.73. The van der Waals surface area contributed by atoms with Crippen molar-refractivity contribution in [2.24, 2.45) is 5.92 Å². The Bertz CT molecular complexity index is 651. The number of hydrogen-bond donors (Lipinski definition) is 0. The van der Waals surface area contributed by atoms with Crippen LogP contribution in [-0.4, -0.2) is 10.4 Å². The number of nitrogens with zero attached hydrogens (tertiary/aromatic N) is 1. The first-order chi connectivity index (χ1) is 9.06. The molecule has 1 aromatic carbocycles. The zero-order valence-electron chi connectivity index (χ0n) is 11.6. The lowest BCUT2D eigenvalue weighted by Gasteiger charge is -2.07. The van der Waals surface area contributed by atoms with E-state index in [1.165, 1.54) is 0 Å². The molecule has 2 rings (SSSR count). The number of Topliss-reactive ketones (excluding diaryl/α,β-unsaturated/α-hetero) is 1. The summed E-state index contributed by atoms with van der Waals surface area (Å²) in [4.78, 5) is 23.7. The zero-order chi connectivity index (χ0) is 14.0. The number of fused-ring (bicyclic) bond motifs is 1. The van der Waals surface area contributed by atoms with Crippen LogP contribution >= 0.6 is 0 Å². The molecule has 0 fully saturated rings. The van der Waals surface area contributed by atoms with E-state index in [4.69, 9.17) is 4.42 Å². The summed E-state index contributed by atoms with van der Waals surface area (Å²) in [5.74, 6) is 0.0996. The molecule has 102 valence electrons. The van der Waals surface area contributed by atoms with Crippen LogP contribution in [-0.2, 0) is 6.54 Å². The van der Waals surface area contributed by atoms with E-state index in [1.54, 1.807) is 22.8 Å². The van der Waals surface area contributed by atoms with Crippen molar-refractivity contribution < 1.29 is 9.21 Å². The van der Waals surface area contributed by atoms with Crippen molar-refractivity contribution in [3.63, 3.8) is 0 Å². The van der Waals surface area contributed by atoms with Gasteiger partial charge in [-0.2, -0.15) is 0 Å². The number of rotatable bonds is 5. The van der Waals surface area contributed by atoms with E-state index < -0.39 is 0 Å². The molecular formula is C15H19NO3. The van der Waals surface area contributed by atoms with Gasteiger partial charge in [-0.3, -0.25) is 9.36 Å². The normalized spacial score (nSPS) is 12.8. The van der Waals surface area contributed by atoms with Crippen LogP contribution in [0.5, 0.6) is 0 Å². The summed E-state index contributed by atoms with van der Waals surface area (Å²) in [5.41, 5.74) is 1.85. The molecule has 0 N–H and O–H groups in total. The minimum absolute atomic E-state index is 0.100. The molecule has 0 aliphatic rings. The number of hydrogen-bond acceptors (Lipinski definition) is 3. The Morgan fingerprint density at radius 1 is 1.37 bits per heavy atom. The van der Waals surface area contributed by atoms with Gasteiger partial charge in [-0.05, 0) is 31.0 Å². The highest BCUT2D eigenvalue weighted by atomic mass is 16.4. The largest absolute Gasteiger partial charge is 0.419 e. The van der Waals surface area contributed by atoms with Crippen LogP contribution in [0.25, 0.3) is 11.1 Å². The SMILES string of the molecule is CCC(C)CC(=O)c1ccc2c(c1)oc(=O)n2CC. The van der Waals surface area contributed by atoms with Crippen LogP contribution in [0.1, 0.15) is 44.0 Å². The molecule has 0 spiro atoms. The van der Waals surface area contributed by atoms with Crippen molar-refractivity contribution in [3.05, 3.63) is 34.3 Å². The van der Waals surface area contributed by atoms with Crippen LogP contribution in [0.4, 0.5) is 0 Å². The number of carbonyl (C=O) groups excluding carboxylic acids is 1. The summed E-state index contributed by atoms with van der Waals surface area (Å²) >= 11 is 0. The third-order valence-electron chi connectivity index (χ3n) is 3.54. The minimum atomic E-state index is -0.371. The van der Waals surface area contributed by atoms with Gasteiger partial charge < -0.3 is 4.42 Å². The molecule has 0 aliphatic carbocycles. The second kappa shape index (κ2) is 5.43. The average Bonchev–Trinajstić information content (AvgIpc) is 2.72. The Kier molecular flexibility index (Phi) is 3.88. The van der Waals surface area contributed by atoms with E-state index >= 15 is 0 Å². The Morgan fingerprint density at radius 2 is 2.11 bits per heavy atom. The summed E-state index contributed by atoms with van der Waals surface area (Å²) < 4.78 is 6.72. The number of carbonyl (C=O) groups is 1. The summed E-state index contributed by atoms with van der Waals surface area (Å²) in [6, 6.07) is 5.23. The maximum atomic E-state index is 12.1. The lowest BCUT2D eigenvalue weighted by molar-refractivity contribution is 0.0963. The van der Waals surface area contributed by atoms with Gasteiger partial charge in [0, 0.05) is 18.5 Å². The summed E-state index contributed by atoms with van der Waals surface area (Å²) in [5, 5.41) is 0. The van der Waals surface area contributed by atoms with Crippen molar-refractivity contribution in [1.82, 2.24) is 4.57 Å². The Morgan fingerprint density at radius 3 is 2.74 bits per heavy atom. The van der Waals surface area contributed by atoms with Crippen molar-refractivity contribution in [2.75, 3.05) is 0 Å². The molecule has 1 aromatic heterocycles. The topological polar surface area (TPSA) is 52.2 Å². The van der Waals surface area contributed by atoms with E-state index in [0.717, 1.165) is 11.9 Å². The fourth-order valence-electron chi connectivity index (χ4n) is 2.12. The molecule has 0 saturated carbocycles. The first-order valence-electron chi connectivity index (χ1n) is 6.73. The number of oxazole rings is 1. The fraction of sp³-hybridized carbons (Fsp3) is 0.467. The lowest BCUT2D eigenvalue weighted by atomic mass is 9.98. The molecule has 0 bridgehead atoms. The lowest BCUT2D eigenvalue weighted by Crippen LogP contribution is -2.12. The first kappa shape index (κ1) is 13.6. The van der Waals surface area contributed by atoms with E-state index in [0.29, 0.717) is 30.0 Å². The number of ketones is 1. The van der Waals surface area contributed by atoms with E-state index in [2.05, 4.69) is 13.8 Å². The molecule has 0 saturated heterocycles. The minimum Gasteiger partial charge on any atom is -0.408 e. The molecule has 19 heavy (non-hydrogen) atoms. The van der Waals surface area contributed by atoms with Crippen molar-refractivity contribution in [3.8, 4) is 0 Å². The van der Waals surface area contributed by atoms with Crippen molar-refractivity contribution in [1.29, 1.82) is 0 Å². The van der Waals surface area contributed by atoms with Crippen molar-refractivity contribution in [2.45, 2.75) is 40.2 Å². The van der Waals surface area contributed by atoms with Gasteiger partial charge in [-0.15, -0.1) is 0 Å². The molecule has 4 heteroatoms. The third kappa shape index (κ3) is 2.62. The van der Waals surface area contributed by atoms with Gasteiger partial charge in [0.15, 0.2) is 11.4 Å². The zero-order valence-corrected chi connectivity index (χ0v) is 11.6. The van der Waals surface area contributed by atoms with Gasteiger partial charge in [0.2, 0.25) is 0 Å². The third-order valence-corrected chi connectivity index (χ3v) is 3.54. The van der Waals surface area contributed by atoms with Gasteiger partial charge >= 0.3 is 5.76 Å². The van der Waals surface area contributed by atoms with E-state index in [-0.39, 0.29) is 11.5 Å². The van der Waals surface area contributed by atoms with E-state index in [9.17, 15) is 9.59 Å². The average molecular weight is 261 g/mol. The Balaban J connectivity index is 2.37. The Labute approximate surface area is 112 Å². The van der Waals surface area contributed by atoms with Gasteiger partial charge in [-0.1, -0.05) is 20.3 Å². The highest BCUT2D eigenvalue weighted by molar-refractivity contribution is 5.98. The van der Waals surface area contributed by atoms with Crippen LogP contribution in [0, 0.1) is 5.92 Å².